The number of amides is 1. The van der Waals surface area contributed by atoms with E-state index in [0.717, 1.165) is 25.4 Å². The third-order valence-corrected chi connectivity index (χ3v) is 5.13. The molecule has 0 aromatic rings. The molecular weight excluding hydrogens is 260 g/mol. The monoisotopic (exact) mass is 286 g/mol. The molecule has 4 heteroatoms. The number of carbonyl (C=O) groups is 1. The van der Waals surface area contributed by atoms with Crippen LogP contribution in [-0.2, 0) is 4.79 Å². The highest BCUT2D eigenvalue weighted by Crippen LogP contribution is 2.34. The summed E-state index contributed by atoms with van der Waals surface area (Å²) in [4.78, 5) is 14.8. The summed E-state index contributed by atoms with van der Waals surface area (Å²) in [7, 11) is 0. The Morgan fingerprint density at radius 1 is 0.947 bits per heavy atom. The molecule has 3 rings (SSSR count). The fourth-order valence-corrected chi connectivity index (χ4v) is 4.17. The molecule has 2 heterocycles. The van der Waals surface area contributed by atoms with Crippen LogP contribution in [0.3, 0.4) is 0 Å². The molecule has 0 aromatic carbocycles. The lowest BCUT2D eigenvalue weighted by molar-refractivity contribution is -0.135. The Morgan fingerprint density at radius 3 is 2.42 bits per heavy atom. The van der Waals surface area contributed by atoms with E-state index in [4.69, 9.17) is 0 Å². The van der Waals surface area contributed by atoms with E-state index in [0.29, 0.717) is 11.9 Å². The molecule has 0 bridgehead atoms. The number of halogens is 1. The van der Waals surface area contributed by atoms with Crippen molar-refractivity contribution in [3.05, 3.63) is 0 Å². The van der Waals surface area contributed by atoms with E-state index in [2.05, 4.69) is 10.2 Å². The lowest BCUT2D eigenvalue weighted by Crippen LogP contribution is -2.48. The second-order valence-corrected chi connectivity index (χ2v) is 6.29. The molecule has 2 saturated heterocycles. The molecule has 0 aromatic heterocycles. The average Bonchev–Trinajstić information content (AvgIpc) is 3.10. The van der Waals surface area contributed by atoms with Crippen molar-refractivity contribution in [3.8, 4) is 0 Å². The van der Waals surface area contributed by atoms with Gasteiger partial charge in [0.1, 0.15) is 0 Å². The topological polar surface area (TPSA) is 32.3 Å². The zero-order valence-corrected chi connectivity index (χ0v) is 12.6. The summed E-state index contributed by atoms with van der Waals surface area (Å²) in [6.07, 6.45) is 11.6. The van der Waals surface area contributed by atoms with Crippen molar-refractivity contribution in [2.24, 2.45) is 5.92 Å². The van der Waals surface area contributed by atoms with Crippen LogP contribution < -0.4 is 5.32 Å². The van der Waals surface area contributed by atoms with Gasteiger partial charge in [0.05, 0.1) is 6.04 Å². The normalized spacial score (nSPS) is 32.3. The van der Waals surface area contributed by atoms with E-state index in [9.17, 15) is 4.79 Å². The molecule has 3 nitrogen and oxygen atoms in total. The van der Waals surface area contributed by atoms with Crippen molar-refractivity contribution in [3.63, 3.8) is 0 Å². The zero-order chi connectivity index (χ0) is 12.4. The van der Waals surface area contributed by atoms with Gasteiger partial charge in [0.2, 0.25) is 5.91 Å². The lowest BCUT2D eigenvalue weighted by Gasteiger charge is -2.35. The average molecular weight is 287 g/mol. The standard InChI is InChI=1S/C15H26N2O.ClH/c18-15(13-8-4-10-16-13)17-11-5-9-14(17)12-6-2-1-3-7-12;/h12-14,16H,1-11H2;1H. The first-order valence-corrected chi connectivity index (χ1v) is 7.90. The highest BCUT2D eigenvalue weighted by atomic mass is 35.5. The van der Waals surface area contributed by atoms with Gasteiger partial charge in [0, 0.05) is 12.6 Å². The molecule has 0 radical (unpaired) electrons. The molecule has 1 N–H and O–H groups in total. The van der Waals surface area contributed by atoms with Gasteiger partial charge in [0.15, 0.2) is 0 Å². The fraction of sp³-hybridized carbons (Fsp3) is 0.933. The maximum Gasteiger partial charge on any atom is 0.239 e. The van der Waals surface area contributed by atoms with Crippen molar-refractivity contribution < 1.29 is 4.79 Å². The van der Waals surface area contributed by atoms with Crippen molar-refractivity contribution in [2.75, 3.05) is 13.1 Å². The van der Waals surface area contributed by atoms with Crippen LogP contribution in [0.25, 0.3) is 0 Å². The predicted octanol–water partition coefficient (Wildman–Crippen LogP) is 2.73. The van der Waals surface area contributed by atoms with Gasteiger partial charge >= 0.3 is 0 Å². The maximum atomic E-state index is 12.6. The van der Waals surface area contributed by atoms with Crippen LogP contribution in [0.1, 0.15) is 57.8 Å². The van der Waals surface area contributed by atoms with Gasteiger partial charge in [-0.15, -0.1) is 12.4 Å². The third kappa shape index (κ3) is 3.25. The van der Waals surface area contributed by atoms with Crippen molar-refractivity contribution in [1.82, 2.24) is 10.2 Å². The van der Waals surface area contributed by atoms with Crippen molar-refractivity contribution in [1.29, 1.82) is 0 Å². The van der Waals surface area contributed by atoms with Gasteiger partial charge in [-0.25, -0.2) is 0 Å². The van der Waals surface area contributed by atoms with E-state index in [1.54, 1.807) is 0 Å². The minimum absolute atomic E-state index is 0. The van der Waals surface area contributed by atoms with E-state index >= 15 is 0 Å². The summed E-state index contributed by atoms with van der Waals surface area (Å²) < 4.78 is 0. The van der Waals surface area contributed by atoms with Crippen LogP contribution in [0.15, 0.2) is 0 Å². The molecular formula is C15H27ClN2O. The highest BCUT2D eigenvalue weighted by molar-refractivity contribution is 5.85. The van der Waals surface area contributed by atoms with Crippen LogP contribution >= 0.6 is 12.4 Å². The first-order chi connectivity index (χ1) is 8.86. The smallest absolute Gasteiger partial charge is 0.239 e. The summed E-state index contributed by atoms with van der Waals surface area (Å²) in [5.41, 5.74) is 0. The minimum Gasteiger partial charge on any atom is -0.338 e. The van der Waals surface area contributed by atoms with Gasteiger partial charge in [0.25, 0.3) is 0 Å². The number of carbonyl (C=O) groups excluding carboxylic acids is 1. The Balaban J connectivity index is 0.00000133. The first kappa shape index (κ1) is 15.1. The molecule has 3 aliphatic rings. The molecule has 0 spiro atoms. The molecule has 2 unspecified atom stereocenters. The zero-order valence-electron chi connectivity index (χ0n) is 11.8. The van der Waals surface area contributed by atoms with Crippen LogP contribution in [0.4, 0.5) is 0 Å². The summed E-state index contributed by atoms with van der Waals surface area (Å²) in [6, 6.07) is 0.703. The Labute approximate surface area is 122 Å². The lowest BCUT2D eigenvalue weighted by atomic mass is 9.83. The molecule has 19 heavy (non-hydrogen) atoms. The largest absolute Gasteiger partial charge is 0.338 e. The number of nitrogens with one attached hydrogen (secondary N) is 1. The maximum absolute atomic E-state index is 12.6. The molecule has 3 fully saturated rings. The second-order valence-electron chi connectivity index (χ2n) is 6.29. The van der Waals surface area contributed by atoms with Crippen LogP contribution in [-0.4, -0.2) is 36.0 Å². The number of nitrogens with zero attached hydrogens (tertiary/aromatic N) is 1. The number of hydrogen-bond acceptors (Lipinski definition) is 2. The first-order valence-electron chi connectivity index (χ1n) is 7.90. The molecule has 1 amide bonds. The summed E-state index contributed by atoms with van der Waals surface area (Å²) in [6.45, 7) is 2.04. The van der Waals surface area contributed by atoms with E-state index in [-0.39, 0.29) is 18.4 Å². The van der Waals surface area contributed by atoms with E-state index in [1.807, 2.05) is 0 Å². The number of likely N-dealkylation sites (tertiary alicyclic amines) is 1. The van der Waals surface area contributed by atoms with Gasteiger partial charge in [-0.3, -0.25) is 4.79 Å². The third-order valence-electron chi connectivity index (χ3n) is 5.13. The Bertz CT molecular complexity index is 299. The Hall–Kier alpha value is -0.280. The Kier molecular flexibility index (Phi) is 5.52. The Morgan fingerprint density at radius 2 is 1.74 bits per heavy atom. The van der Waals surface area contributed by atoms with Gasteiger partial charge in [-0.05, 0) is 51.0 Å². The minimum atomic E-state index is 0. The van der Waals surface area contributed by atoms with E-state index in [1.165, 1.54) is 51.4 Å². The van der Waals surface area contributed by atoms with Crippen molar-refractivity contribution >= 4 is 18.3 Å². The van der Waals surface area contributed by atoms with E-state index < -0.39 is 0 Å². The van der Waals surface area contributed by atoms with Crippen LogP contribution in [0, 0.1) is 5.92 Å². The number of rotatable bonds is 2. The predicted molar refractivity (Wildman–Crippen MR) is 79.6 cm³/mol. The van der Waals surface area contributed by atoms with Gasteiger partial charge in [-0.1, -0.05) is 19.3 Å². The van der Waals surface area contributed by atoms with Crippen molar-refractivity contribution in [2.45, 2.75) is 69.9 Å². The molecule has 1 aliphatic carbocycles. The van der Waals surface area contributed by atoms with Crippen LogP contribution in [0.5, 0.6) is 0 Å². The SMILES string of the molecule is Cl.O=C(C1CCCN1)N1CCCC1C1CCCCC1. The molecule has 2 atom stereocenters. The molecule has 110 valence electrons. The number of hydrogen-bond donors (Lipinski definition) is 1. The summed E-state index contributed by atoms with van der Waals surface area (Å²) in [5, 5.41) is 3.37. The van der Waals surface area contributed by atoms with Gasteiger partial charge in [-0.2, -0.15) is 0 Å². The highest BCUT2D eigenvalue weighted by Gasteiger charge is 2.38. The second kappa shape index (κ2) is 6.94. The summed E-state index contributed by atoms with van der Waals surface area (Å²) >= 11 is 0. The van der Waals surface area contributed by atoms with Gasteiger partial charge < -0.3 is 10.2 Å². The van der Waals surface area contributed by atoms with Crippen LogP contribution in [0.2, 0.25) is 0 Å². The molecule has 1 saturated carbocycles. The summed E-state index contributed by atoms with van der Waals surface area (Å²) in [5.74, 6) is 1.20. The quantitative estimate of drug-likeness (QED) is 0.847. The molecule has 2 aliphatic heterocycles. The fourth-order valence-electron chi connectivity index (χ4n) is 4.17.